The number of aromatic nitrogens is 1. The zero-order valence-electron chi connectivity index (χ0n) is 13.5. The van der Waals surface area contributed by atoms with E-state index in [-0.39, 0.29) is 5.76 Å². The van der Waals surface area contributed by atoms with Gasteiger partial charge in [0.05, 0.1) is 29.5 Å². The van der Waals surface area contributed by atoms with Crippen LogP contribution in [-0.4, -0.2) is 42.1 Å². The number of hydrogen-bond acceptors (Lipinski definition) is 8. The van der Waals surface area contributed by atoms with Gasteiger partial charge in [0.2, 0.25) is 0 Å². The van der Waals surface area contributed by atoms with E-state index in [4.69, 9.17) is 9.15 Å². The number of furan rings is 1. The highest BCUT2D eigenvalue weighted by Crippen LogP contribution is 2.30. The van der Waals surface area contributed by atoms with Crippen LogP contribution >= 0.6 is 11.3 Å². The number of morpholine rings is 1. The minimum absolute atomic E-state index is 0.134. The molecule has 1 aliphatic heterocycles. The average Bonchev–Trinajstić information content (AvgIpc) is 3.28. The second-order valence-corrected chi connectivity index (χ2v) is 6.65. The number of benzene rings is 1. The average molecular weight is 374 g/mol. The van der Waals surface area contributed by atoms with Gasteiger partial charge in [0.1, 0.15) is 4.92 Å². The Morgan fingerprint density at radius 1 is 1.27 bits per heavy atom. The lowest BCUT2D eigenvalue weighted by molar-refractivity contribution is -0.402. The molecule has 3 heterocycles. The number of nitrogens with one attached hydrogen (secondary N) is 1. The molecule has 0 atom stereocenters. The van der Waals surface area contributed by atoms with E-state index in [0.29, 0.717) is 18.3 Å². The lowest BCUT2D eigenvalue weighted by Crippen LogP contribution is -2.36. The first-order valence-electron chi connectivity index (χ1n) is 7.89. The fourth-order valence-corrected chi connectivity index (χ4v) is 3.59. The third-order valence-electron chi connectivity index (χ3n) is 3.96. The fraction of sp³-hybridized carbons (Fsp3) is 0.250. The Morgan fingerprint density at radius 3 is 2.81 bits per heavy atom. The topological polar surface area (TPSA) is 111 Å². The summed E-state index contributed by atoms with van der Waals surface area (Å²) >= 11 is 1.34. The van der Waals surface area contributed by atoms with Crippen LogP contribution in [0.25, 0.3) is 10.2 Å². The Labute approximate surface area is 151 Å². The number of amides is 1. The number of thiazole rings is 1. The van der Waals surface area contributed by atoms with Crippen LogP contribution in [0.2, 0.25) is 0 Å². The number of nitrogens with zero attached hydrogens (tertiary/aromatic N) is 3. The number of rotatable bonds is 4. The van der Waals surface area contributed by atoms with Gasteiger partial charge in [-0.2, -0.15) is 0 Å². The van der Waals surface area contributed by atoms with Crippen LogP contribution in [0.1, 0.15) is 10.6 Å². The third kappa shape index (κ3) is 3.24. The van der Waals surface area contributed by atoms with E-state index >= 15 is 0 Å². The van der Waals surface area contributed by atoms with E-state index < -0.39 is 16.7 Å². The molecule has 1 aliphatic rings. The zero-order chi connectivity index (χ0) is 18.1. The number of hydrogen-bond donors (Lipinski definition) is 1. The van der Waals surface area contributed by atoms with Gasteiger partial charge in [0.25, 0.3) is 5.91 Å². The van der Waals surface area contributed by atoms with Crippen LogP contribution in [0.3, 0.4) is 0 Å². The van der Waals surface area contributed by atoms with Gasteiger partial charge >= 0.3 is 5.88 Å². The molecule has 0 spiro atoms. The first-order valence-corrected chi connectivity index (χ1v) is 8.71. The van der Waals surface area contributed by atoms with Gasteiger partial charge in [-0.15, -0.1) is 0 Å². The van der Waals surface area contributed by atoms with Crippen molar-refractivity contribution in [3.63, 3.8) is 0 Å². The van der Waals surface area contributed by atoms with Crippen LogP contribution in [0.5, 0.6) is 0 Å². The summed E-state index contributed by atoms with van der Waals surface area (Å²) < 4.78 is 11.2. The first kappa shape index (κ1) is 16.5. The molecular formula is C16H14N4O5S. The van der Waals surface area contributed by atoms with Crippen molar-refractivity contribution in [3.8, 4) is 0 Å². The quantitative estimate of drug-likeness (QED) is 0.552. The molecule has 2 aromatic heterocycles. The van der Waals surface area contributed by atoms with Gasteiger partial charge in [0.15, 0.2) is 10.9 Å². The highest BCUT2D eigenvalue weighted by molar-refractivity contribution is 7.22. The van der Waals surface area contributed by atoms with Gasteiger partial charge in [-0.1, -0.05) is 11.3 Å². The molecule has 1 N–H and O–H groups in total. The van der Waals surface area contributed by atoms with E-state index in [2.05, 4.69) is 15.2 Å². The first-order chi connectivity index (χ1) is 12.6. The molecule has 3 aromatic rings. The SMILES string of the molecule is O=C(Nc1nc2ccc(N3CCOCC3)cc2s1)c1ccc([N+](=O)[O-])o1. The third-order valence-corrected chi connectivity index (χ3v) is 4.90. The maximum absolute atomic E-state index is 12.2. The number of nitro groups is 1. The Bertz CT molecular complexity index is 976. The molecule has 134 valence electrons. The molecule has 1 saturated heterocycles. The van der Waals surface area contributed by atoms with E-state index in [9.17, 15) is 14.9 Å². The summed E-state index contributed by atoms with van der Waals surface area (Å²) in [6, 6.07) is 8.34. The Morgan fingerprint density at radius 2 is 2.08 bits per heavy atom. The Hall–Kier alpha value is -2.98. The summed E-state index contributed by atoms with van der Waals surface area (Å²) in [5, 5.41) is 13.7. The lowest BCUT2D eigenvalue weighted by atomic mass is 10.2. The number of anilines is 2. The summed E-state index contributed by atoms with van der Waals surface area (Å²) in [6.45, 7) is 3.09. The molecular weight excluding hydrogens is 360 g/mol. The number of carbonyl (C=O) groups excluding carboxylic acids is 1. The summed E-state index contributed by atoms with van der Waals surface area (Å²) in [5.74, 6) is -1.19. The molecule has 10 heteroatoms. The van der Waals surface area contributed by atoms with E-state index in [1.54, 1.807) is 0 Å². The van der Waals surface area contributed by atoms with Gasteiger partial charge in [-0.3, -0.25) is 20.2 Å². The highest BCUT2D eigenvalue weighted by atomic mass is 32.1. The van der Waals surface area contributed by atoms with Crippen LogP contribution in [-0.2, 0) is 4.74 Å². The summed E-state index contributed by atoms with van der Waals surface area (Å²) in [4.78, 5) is 28.7. The normalized spacial score (nSPS) is 14.5. The molecule has 9 nitrogen and oxygen atoms in total. The van der Waals surface area contributed by atoms with E-state index in [1.807, 2.05) is 18.2 Å². The maximum atomic E-state index is 12.2. The van der Waals surface area contributed by atoms with Crippen molar-refractivity contribution < 1.29 is 18.9 Å². The van der Waals surface area contributed by atoms with Gasteiger partial charge in [0, 0.05) is 18.8 Å². The maximum Gasteiger partial charge on any atom is 0.433 e. The Kier molecular flexibility index (Phi) is 4.27. The molecule has 0 aliphatic carbocycles. The molecule has 0 saturated carbocycles. The number of ether oxygens (including phenoxy) is 1. The van der Waals surface area contributed by atoms with Crippen LogP contribution in [0.4, 0.5) is 16.7 Å². The van der Waals surface area contributed by atoms with Crippen LogP contribution in [0.15, 0.2) is 34.7 Å². The Balaban J connectivity index is 1.53. The van der Waals surface area contributed by atoms with Crippen molar-refractivity contribution >= 4 is 44.2 Å². The lowest BCUT2D eigenvalue weighted by Gasteiger charge is -2.28. The molecule has 26 heavy (non-hydrogen) atoms. The molecule has 1 amide bonds. The monoisotopic (exact) mass is 374 g/mol. The van der Waals surface area contributed by atoms with Crippen LogP contribution in [0, 0.1) is 10.1 Å². The molecule has 0 bridgehead atoms. The second kappa shape index (κ2) is 6.73. The van der Waals surface area contributed by atoms with Crippen molar-refractivity contribution in [2.24, 2.45) is 0 Å². The minimum Gasteiger partial charge on any atom is -0.395 e. The molecule has 0 unspecified atom stereocenters. The minimum atomic E-state index is -0.693. The predicted molar refractivity (Wildman–Crippen MR) is 96.0 cm³/mol. The van der Waals surface area contributed by atoms with Crippen molar-refractivity contribution in [3.05, 3.63) is 46.2 Å². The largest absolute Gasteiger partial charge is 0.433 e. The van der Waals surface area contributed by atoms with Crippen molar-refractivity contribution in [1.29, 1.82) is 0 Å². The van der Waals surface area contributed by atoms with E-state index in [1.165, 1.54) is 17.4 Å². The number of fused-ring (bicyclic) bond motifs is 1. The van der Waals surface area contributed by atoms with E-state index in [0.717, 1.165) is 35.1 Å². The standard InChI is InChI=1S/C16H14N4O5S/c21-15(12-3-4-14(25-12)20(22)23)18-16-17-11-2-1-10(9-13(11)26-16)19-5-7-24-8-6-19/h1-4,9H,5-8H2,(H,17,18,21). The molecule has 0 radical (unpaired) electrons. The molecule has 1 fully saturated rings. The molecule has 4 rings (SSSR count). The van der Waals surface area contributed by atoms with Crippen molar-refractivity contribution in [1.82, 2.24) is 4.98 Å². The van der Waals surface area contributed by atoms with Crippen molar-refractivity contribution in [2.75, 3.05) is 36.5 Å². The van der Waals surface area contributed by atoms with Gasteiger partial charge in [-0.05, 0) is 24.3 Å². The smallest absolute Gasteiger partial charge is 0.395 e. The summed E-state index contributed by atoms with van der Waals surface area (Å²) in [7, 11) is 0. The predicted octanol–water partition coefficient (Wildman–Crippen LogP) is 2.89. The fourth-order valence-electron chi connectivity index (χ4n) is 2.69. The highest BCUT2D eigenvalue weighted by Gasteiger charge is 2.19. The van der Waals surface area contributed by atoms with Gasteiger partial charge in [-0.25, -0.2) is 4.98 Å². The van der Waals surface area contributed by atoms with Crippen LogP contribution < -0.4 is 10.2 Å². The second-order valence-electron chi connectivity index (χ2n) is 5.62. The number of carbonyl (C=O) groups is 1. The van der Waals surface area contributed by atoms with Gasteiger partial charge < -0.3 is 14.1 Å². The zero-order valence-corrected chi connectivity index (χ0v) is 14.3. The summed E-state index contributed by atoms with van der Waals surface area (Å²) in [6.07, 6.45) is 0. The molecule has 1 aromatic carbocycles. The van der Waals surface area contributed by atoms with Crippen molar-refractivity contribution in [2.45, 2.75) is 0 Å². The summed E-state index contributed by atoms with van der Waals surface area (Å²) in [5.41, 5.74) is 1.86.